The molecule has 198 valence electrons. The Hall–Kier alpha value is -4.21. The fourth-order valence-corrected chi connectivity index (χ4v) is 4.67. The van der Waals surface area contributed by atoms with Gasteiger partial charge < -0.3 is 15.2 Å². The monoisotopic (exact) mass is 517 g/mol. The molecule has 2 amide bonds. The summed E-state index contributed by atoms with van der Waals surface area (Å²) in [5.74, 6) is -1.93. The van der Waals surface area contributed by atoms with Gasteiger partial charge in [-0.25, -0.2) is 14.7 Å². The number of hydroxylamine groups is 2. The van der Waals surface area contributed by atoms with E-state index < -0.39 is 30.6 Å². The maximum Gasteiger partial charge on any atom is 0.407 e. The molecule has 0 saturated heterocycles. The van der Waals surface area contributed by atoms with Crippen molar-refractivity contribution in [3.63, 3.8) is 0 Å². The Kier molecular flexibility index (Phi) is 8.73. The number of hydrogen-bond donors (Lipinski definition) is 2. The molecule has 0 radical (unpaired) electrons. The van der Waals surface area contributed by atoms with E-state index >= 15 is 0 Å². The van der Waals surface area contributed by atoms with Crippen molar-refractivity contribution in [1.29, 1.82) is 0 Å². The lowest BCUT2D eigenvalue weighted by atomic mass is 9.98. The van der Waals surface area contributed by atoms with Gasteiger partial charge in [0.2, 0.25) is 0 Å². The molecule has 3 aromatic carbocycles. The first kappa shape index (κ1) is 26.8. The van der Waals surface area contributed by atoms with Gasteiger partial charge in [-0.3, -0.25) is 14.5 Å². The van der Waals surface area contributed by atoms with Crippen molar-refractivity contribution in [2.75, 3.05) is 33.9 Å². The maximum absolute atomic E-state index is 13.1. The highest BCUT2D eigenvalue weighted by Crippen LogP contribution is 2.44. The van der Waals surface area contributed by atoms with Gasteiger partial charge >= 0.3 is 12.1 Å². The van der Waals surface area contributed by atoms with E-state index in [2.05, 4.69) is 17.4 Å². The highest BCUT2D eigenvalue weighted by atomic mass is 16.7. The molecule has 0 fully saturated rings. The molecular weight excluding hydrogens is 486 g/mol. The number of carbonyl (C=O) groups excluding carboxylic acids is 2. The first-order valence-electron chi connectivity index (χ1n) is 12.3. The van der Waals surface area contributed by atoms with E-state index in [0.29, 0.717) is 6.54 Å². The molecule has 0 aromatic heterocycles. The standard InChI is InChI=1S/C29H31N3O6/c1-31(16-20-10-4-3-5-11-20)17-26(28(35)32(2)38-19-27(33)34)30-29(36)37-18-25-23-14-8-6-12-21(23)22-13-7-9-15-24(22)25/h3-15,25-26H,16-19H2,1-2H3,(H,30,36)(H,33,34). The number of benzene rings is 3. The Balaban J connectivity index is 1.43. The van der Waals surface area contributed by atoms with Crippen LogP contribution in [0.15, 0.2) is 78.9 Å². The molecule has 1 atom stereocenters. The first-order valence-corrected chi connectivity index (χ1v) is 12.3. The van der Waals surface area contributed by atoms with Crippen molar-refractivity contribution in [2.24, 2.45) is 0 Å². The molecule has 1 aliphatic carbocycles. The fraction of sp³-hybridized carbons (Fsp3) is 0.276. The predicted octanol–water partition coefficient (Wildman–Crippen LogP) is 3.50. The van der Waals surface area contributed by atoms with E-state index in [0.717, 1.165) is 32.9 Å². The van der Waals surface area contributed by atoms with Crippen molar-refractivity contribution in [3.8, 4) is 11.1 Å². The summed E-state index contributed by atoms with van der Waals surface area (Å²) in [6, 6.07) is 24.7. The van der Waals surface area contributed by atoms with E-state index in [1.165, 1.54) is 7.05 Å². The summed E-state index contributed by atoms with van der Waals surface area (Å²) in [6.45, 7) is 0.112. The van der Waals surface area contributed by atoms with Crippen LogP contribution in [0.2, 0.25) is 0 Å². The van der Waals surface area contributed by atoms with Crippen LogP contribution >= 0.6 is 0 Å². The zero-order valence-electron chi connectivity index (χ0n) is 21.4. The van der Waals surface area contributed by atoms with Crippen molar-refractivity contribution < 1.29 is 29.1 Å². The zero-order chi connectivity index (χ0) is 27.1. The SMILES string of the molecule is CN(Cc1ccccc1)CC(NC(=O)OCC1c2ccccc2-c2ccccc21)C(=O)N(C)OCC(=O)O. The number of alkyl carbamates (subject to hydrolysis) is 1. The topological polar surface area (TPSA) is 108 Å². The molecule has 0 spiro atoms. The number of carbonyl (C=O) groups is 3. The third-order valence-electron chi connectivity index (χ3n) is 6.42. The van der Waals surface area contributed by atoms with E-state index in [1.54, 1.807) is 0 Å². The van der Waals surface area contributed by atoms with Gasteiger partial charge in [-0.05, 0) is 34.9 Å². The second-order valence-electron chi connectivity index (χ2n) is 9.21. The number of amides is 2. The number of rotatable bonds is 11. The van der Waals surface area contributed by atoms with Crippen LogP contribution in [0.5, 0.6) is 0 Å². The van der Waals surface area contributed by atoms with E-state index in [-0.39, 0.29) is 19.1 Å². The predicted molar refractivity (Wildman–Crippen MR) is 141 cm³/mol. The number of nitrogens with one attached hydrogen (secondary N) is 1. The smallest absolute Gasteiger partial charge is 0.407 e. The molecule has 1 aliphatic rings. The molecule has 38 heavy (non-hydrogen) atoms. The Morgan fingerprint density at radius 1 is 0.895 bits per heavy atom. The molecule has 2 N–H and O–H groups in total. The van der Waals surface area contributed by atoms with Crippen molar-refractivity contribution in [3.05, 3.63) is 95.6 Å². The number of hydrogen-bond acceptors (Lipinski definition) is 6. The van der Waals surface area contributed by atoms with Gasteiger partial charge in [-0.2, -0.15) is 0 Å². The number of nitrogens with zero attached hydrogens (tertiary/aromatic N) is 2. The summed E-state index contributed by atoms with van der Waals surface area (Å²) < 4.78 is 5.62. The molecule has 0 aliphatic heterocycles. The number of carboxylic acids is 1. The van der Waals surface area contributed by atoms with Gasteiger partial charge in [0.1, 0.15) is 12.6 Å². The highest BCUT2D eigenvalue weighted by molar-refractivity contribution is 5.85. The van der Waals surface area contributed by atoms with Gasteiger partial charge in [0.15, 0.2) is 6.61 Å². The van der Waals surface area contributed by atoms with Crippen LogP contribution in [0.1, 0.15) is 22.6 Å². The van der Waals surface area contributed by atoms with Crippen LogP contribution in [-0.2, 0) is 25.7 Å². The van der Waals surface area contributed by atoms with Gasteiger partial charge in [0.25, 0.3) is 5.91 Å². The summed E-state index contributed by atoms with van der Waals surface area (Å²) in [5.41, 5.74) is 5.43. The number of carboxylic acid groups (broad SMARTS) is 1. The summed E-state index contributed by atoms with van der Waals surface area (Å²) in [5, 5.41) is 12.4. The molecule has 0 bridgehead atoms. The molecule has 0 saturated carbocycles. The Labute approximate surface area is 221 Å². The quantitative estimate of drug-likeness (QED) is 0.375. The first-order chi connectivity index (χ1) is 18.3. The summed E-state index contributed by atoms with van der Waals surface area (Å²) in [6.07, 6.45) is -0.745. The molecule has 4 rings (SSSR count). The van der Waals surface area contributed by atoms with Gasteiger partial charge in [0.05, 0.1) is 0 Å². The minimum Gasteiger partial charge on any atom is -0.479 e. The molecule has 9 heteroatoms. The number of fused-ring (bicyclic) bond motifs is 3. The summed E-state index contributed by atoms with van der Waals surface area (Å²) >= 11 is 0. The summed E-state index contributed by atoms with van der Waals surface area (Å²) in [4.78, 5) is 43.8. The van der Waals surface area contributed by atoms with Crippen LogP contribution < -0.4 is 5.32 Å². The number of ether oxygens (including phenoxy) is 1. The molecular formula is C29H31N3O6. The Morgan fingerprint density at radius 2 is 1.47 bits per heavy atom. The summed E-state index contributed by atoms with van der Waals surface area (Å²) in [7, 11) is 3.14. The average molecular weight is 518 g/mol. The molecule has 9 nitrogen and oxygen atoms in total. The van der Waals surface area contributed by atoms with Crippen molar-refractivity contribution in [1.82, 2.24) is 15.3 Å². The van der Waals surface area contributed by atoms with E-state index in [4.69, 9.17) is 14.7 Å². The van der Waals surface area contributed by atoms with Crippen LogP contribution in [0, 0.1) is 0 Å². The second-order valence-corrected chi connectivity index (χ2v) is 9.21. The largest absolute Gasteiger partial charge is 0.479 e. The van der Waals surface area contributed by atoms with Crippen LogP contribution in [0.25, 0.3) is 11.1 Å². The molecule has 3 aromatic rings. The minimum atomic E-state index is -1.22. The lowest BCUT2D eigenvalue weighted by Crippen LogP contribution is -2.52. The zero-order valence-corrected chi connectivity index (χ0v) is 21.4. The average Bonchev–Trinajstić information content (AvgIpc) is 3.24. The Morgan fingerprint density at radius 3 is 2.08 bits per heavy atom. The van der Waals surface area contributed by atoms with E-state index in [9.17, 15) is 14.4 Å². The minimum absolute atomic E-state index is 0.103. The highest BCUT2D eigenvalue weighted by Gasteiger charge is 2.31. The van der Waals surface area contributed by atoms with Crippen molar-refractivity contribution >= 4 is 18.0 Å². The third kappa shape index (κ3) is 6.56. The Bertz CT molecular complexity index is 1240. The van der Waals surface area contributed by atoms with Crippen LogP contribution in [-0.4, -0.2) is 72.9 Å². The van der Waals surface area contributed by atoms with Gasteiger partial charge in [-0.1, -0.05) is 78.9 Å². The lowest BCUT2D eigenvalue weighted by molar-refractivity contribution is -0.187. The van der Waals surface area contributed by atoms with Gasteiger partial charge in [0, 0.05) is 26.1 Å². The third-order valence-corrected chi connectivity index (χ3v) is 6.42. The van der Waals surface area contributed by atoms with Crippen LogP contribution in [0.4, 0.5) is 4.79 Å². The van der Waals surface area contributed by atoms with Gasteiger partial charge in [-0.15, -0.1) is 0 Å². The van der Waals surface area contributed by atoms with E-state index in [1.807, 2.05) is 78.7 Å². The normalized spacial score (nSPS) is 12.9. The number of aliphatic carboxylic acids is 1. The lowest BCUT2D eigenvalue weighted by Gasteiger charge is -2.27. The molecule has 1 unspecified atom stereocenters. The number of likely N-dealkylation sites (N-methyl/N-ethyl adjacent to an activating group) is 2. The molecule has 0 heterocycles. The van der Waals surface area contributed by atoms with Crippen LogP contribution in [0.3, 0.4) is 0 Å². The second kappa shape index (κ2) is 12.4. The maximum atomic E-state index is 13.1. The fourth-order valence-electron chi connectivity index (χ4n) is 4.67. The van der Waals surface area contributed by atoms with Crippen molar-refractivity contribution in [2.45, 2.75) is 18.5 Å².